The summed E-state index contributed by atoms with van der Waals surface area (Å²) in [7, 11) is -3.00. The van der Waals surface area contributed by atoms with Gasteiger partial charge in [-0.05, 0) is 75.4 Å². The van der Waals surface area contributed by atoms with Gasteiger partial charge in [0.15, 0.2) is 0 Å². The van der Waals surface area contributed by atoms with E-state index in [0.717, 1.165) is 13.1 Å². The van der Waals surface area contributed by atoms with Crippen molar-refractivity contribution in [2.75, 3.05) is 13.1 Å². The van der Waals surface area contributed by atoms with Crippen molar-refractivity contribution in [1.82, 2.24) is 4.57 Å². The number of hydrogen-bond acceptors (Lipinski definition) is 4. The summed E-state index contributed by atoms with van der Waals surface area (Å²) >= 11 is 0. The van der Waals surface area contributed by atoms with Crippen molar-refractivity contribution in [3.63, 3.8) is 0 Å². The number of rotatable bonds is 6. The highest BCUT2D eigenvalue weighted by Crippen LogP contribution is 2.31. The molecule has 128 valence electrons. The molecule has 5 heteroatoms. The minimum atomic E-state index is -3.00. The molecule has 0 amide bonds. The van der Waals surface area contributed by atoms with E-state index >= 15 is 0 Å². The third-order valence-electron chi connectivity index (χ3n) is 2.46. The van der Waals surface area contributed by atoms with Crippen LogP contribution >= 0.6 is 0 Å². The molecule has 0 radical (unpaired) electrons. The van der Waals surface area contributed by atoms with Gasteiger partial charge in [0, 0.05) is 0 Å². The highest BCUT2D eigenvalue weighted by atomic mass is 28.4. The fourth-order valence-electron chi connectivity index (χ4n) is 2.03. The maximum atomic E-state index is 6.44. The van der Waals surface area contributed by atoms with Crippen LogP contribution in [0.3, 0.4) is 0 Å². The average molecular weight is 320 g/mol. The quantitative estimate of drug-likeness (QED) is 0.686. The molecule has 0 aromatic heterocycles. The lowest BCUT2D eigenvalue weighted by molar-refractivity contribution is -0.106. The van der Waals surface area contributed by atoms with Gasteiger partial charge in [-0.1, -0.05) is 13.8 Å². The van der Waals surface area contributed by atoms with Crippen LogP contribution in [0.15, 0.2) is 0 Å². The molecular formula is C16H37NO3Si. The fourth-order valence-corrected chi connectivity index (χ4v) is 5.64. The molecule has 0 spiro atoms. The van der Waals surface area contributed by atoms with Crippen LogP contribution in [-0.4, -0.2) is 43.4 Å². The van der Waals surface area contributed by atoms with Crippen LogP contribution in [0.5, 0.6) is 0 Å². The summed E-state index contributed by atoms with van der Waals surface area (Å²) in [6, 6.07) is 0. The summed E-state index contributed by atoms with van der Waals surface area (Å²) < 4.78 is 21.5. The zero-order valence-corrected chi connectivity index (χ0v) is 17.1. The minimum Gasteiger partial charge on any atom is -0.356 e. The third kappa shape index (κ3) is 8.31. The Hall–Kier alpha value is 0.0569. The van der Waals surface area contributed by atoms with Gasteiger partial charge >= 0.3 is 8.97 Å². The van der Waals surface area contributed by atoms with E-state index in [1.807, 2.05) is 0 Å². The van der Waals surface area contributed by atoms with Crippen LogP contribution in [0.4, 0.5) is 0 Å². The van der Waals surface area contributed by atoms with E-state index in [4.69, 9.17) is 13.3 Å². The van der Waals surface area contributed by atoms with Crippen molar-refractivity contribution in [1.29, 1.82) is 0 Å². The molecule has 0 aliphatic rings. The Kier molecular flexibility index (Phi) is 7.11. The molecule has 21 heavy (non-hydrogen) atoms. The normalized spacial score (nSPS) is 14.9. The lowest BCUT2D eigenvalue weighted by Gasteiger charge is -2.46. The molecule has 0 rings (SSSR count). The zero-order valence-electron chi connectivity index (χ0n) is 16.1. The van der Waals surface area contributed by atoms with Gasteiger partial charge < -0.3 is 13.3 Å². The highest BCUT2D eigenvalue weighted by molar-refractivity contribution is 6.58. The molecule has 0 N–H and O–H groups in total. The Balaban J connectivity index is 5.80. The van der Waals surface area contributed by atoms with Gasteiger partial charge in [-0.25, -0.2) is 0 Å². The van der Waals surface area contributed by atoms with Crippen LogP contribution in [0.2, 0.25) is 0 Å². The Labute approximate surface area is 133 Å². The average Bonchev–Trinajstić information content (AvgIpc) is 2.09. The van der Waals surface area contributed by atoms with Gasteiger partial charge in [-0.2, -0.15) is 0 Å². The number of nitrogens with zero attached hydrogens (tertiary/aromatic N) is 1. The van der Waals surface area contributed by atoms with Crippen LogP contribution in [-0.2, 0) is 13.3 Å². The van der Waals surface area contributed by atoms with Gasteiger partial charge in [0.25, 0.3) is 0 Å². The maximum Gasteiger partial charge on any atom is 0.600 e. The van der Waals surface area contributed by atoms with Gasteiger partial charge in [0.2, 0.25) is 0 Å². The van der Waals surface area contributed by atoms with E-state index in [0.29, 0.717) is 0 Å². The second-order valence-corrected chi connectivity index (χ2v) is 10.6. The van der Waals surface area contributed by atoms with Crippen LogP contribution in [0.1, 0.15) is 76.2 Å². The molecule has 0 aliphatic heterocycles. The van der Waals surface area contributed by atoms with Crippen molar-refractivity contribution in [2.24, 2.45) is 0 Å². The Bertz CT molecular complexity index is 268. The lowest BCUT2D eigenvalue weighted by atomic mass is 10.2. The second-order valence-electron chi connectivity index (χ2n) is 8.34. The van der Waals surface area contributed by atoms with Crippen molar-refractivity contribution >= 4 is 8.97 Å². The predicted octanol–water partition coefficient (Wildman–Crippen LogP) is 4.21. The predicted molar refractivity (Wildman–Crippen MR) is 91.2 cm³/mol. The summed E-state index contributed by atoms with van der Waals surface area (Å²) in [5.74, 6) is 0. The molecule has 0 bridgehead atoms. The minimum absolute atomic E-state index is 0.328. The monoisotopic (exact) mass is 319 g/mol. The Morgan fingerprint density at radius 1 is 0.619 bits per heavy atom. The first kappa shape index (κ1) is 21.1. The van der Waals surface area contributed by atoms with E-state index in [9.17, 15) is 0 Å². The molecule has 0 heterocycles. The van der Waals surface area contributed by atoms with Gasteiger partial charge in [0.1, 0.15) is 0 Å². The number of hydrogen-bond donors (Lipinski definition) is 0. The van der Waals surface area contributed by atoms with Crippen LogP contribution in [0, 0.1) is 0 Å². The van der Waals surface area contributed by atoms with Crippen molar-refractivity contribution < 1.29 is 13.3 Å². The van der Waals surface area contributed by atoms with E-state index < -0.39 is 8.97 Å². The molecule has 0 aliphatic carbocycles. The second kappa shape index (κ2) is 7.09. The highest BCUT2D eigenvalue weighted by Gasteiger charge is 2.55. The molecule has 0 aromatic carbocycles. The van der Waals surface area contributed by atoms with E-state index in [1.54, 1.807) is 0 Å². The Morgan fingerprint density at radius 3 is 1.00 bits per heavy atom. The fraction of sp³-hybridized carbons (Fsp3) is 1.00. The smallest absolute Gasteiger partial charge is 0.356 e. The molecule has 0 saturated carbocycles. The van der Waals surface area contributed by atoms with Gasteiger partial charge in [-0.3, -0.25) is 4.57 Å². The first-order valence-corrected chi connectivity index (χ1v) is 9.67. The largest absolute Gasteiger partial charge is 0.600 e. The summed E-state index contributed by atoms with van der Waals surface area (Å²) in [5, 5.41) is 0. The molecule has 0 fully saturated rings. The molecular weight excluding hydrogens is 282 g/mol. The van der Waals surface area contributed by atoms with Gasteiger partial charge in [0.05, 0.1) is 16.8 Å². The van der Waals surface area contributed by atoms with E-state index in [1.165, 1.54) is 0 Å². The zero-order chi connectivity index (χ0) is 17.1. The molecule has 4 nitrogen and oxygen atoms in total. The first-order chi connectivity index (χ1) is 9.14. The summed E-state index contributed by atoms with van der Waals surface area (Å²) in [5.41, 5.74) is -0.984. The molecule has 0 unspecified atom stereocenters. The third-order valence-corrected chi connectivity index (χ3v) is 6.47. The van der Waals surface area contributed by atoms with Crippen molar-refractivity contribution in [3.8, 4) is 0 Å². The summed E-state index contributed by atoms with van der Waals surface area (Å²) in [6.07, 6.45) is 0. The van der Waals surface area contributed by atoms with Crippen molar-refractivity contribution in [3.05, 3.63) is 0 Å². The maximum absolute atomic E-state index is 6.44. The lowest BCUT2D eigenvalue weighted by Crippen LogP contribution is -2.67. The van der Waals surface area contributed by atoms with Crippen molar-refractivity contribution in [2.45, 2.75) is 93.0 Å². The van der Waals surface area contributed by atoms with Gasteiger partial charge in [-0.15, -0.1) is 0 Å². The summed E-state index contributed by atoms with van der Waals surface area (Å²) in [6.45, 7) is 24.4. The standard InChI is InChI=1S/C16H37NO3Si/c1-12-17(13-2)21(18-14(3,4)5,19-15(6,7)8)20-16(9,10)11/h12-13H2,1-11H3. The molecule has 0 aromatic rings. The Morgan fingerprint density at radius 2 is 0.857 bits per heavy atom. The van der Waals surface area contributed by atoms with Crippen LogP contribution in [0.25, 0.3) is 0 Å². The first-order valence-electron chi connectivity index (χ1n) is 8.00. The SMILES string of the molecule is CCN(CC)[Si](OC(C)(C)C)(OC(C)(C)C)OC(C)(C)C. The molecule has 0 saturated heterocycles. The van der Waals surface area contributed by atoms with E-state index in [2.05, 4.69) is 80.7 Å². The van der Waals surface area contributed by atoms with E-state index in [-0.39, 0.29) is 16.8 Å². The molecule has 0 atom stereocenters. The summed E-state index contributed by atoms with van der Waals surface area (Å²) in [4.78, 5) is 0. The topological polar surface area (TPSA) is 30.9 Å². The van der Waals surface area contributed by atoms with Crippen LogP contribution < -0.4 is 0 Å².